The van der Waals surface area contributed by atoms with Crippen LogP contribution in [-0.4, -0.2) is 22.7 Å². The van der Waals surface area contributed by atoms with Gasteiger partial charge in [-0.15, -0.1) is 0 Å². The minimum Gasteiger partial charge on any atom is -0.384 e. The minimum atomic E-state index is -1.24. The summed E-state index contributed by atoms with van der Waals surface area (Å²) in [5.74, 6) is 0.423. The van der Waals surface area contributed by atoms with E-state index in [-0.39, 0.29) is 18.9 Å². The first-order valence-electron chi connectivity index (χ1n) is 6.97. The Balaban J connectivity index is 2.00. The number of carbonyl (C=O) groups is 1. The zero-order valence-electron chi connectivity index (χ0n) is 12.8. The van der Waals surface area contributed by atoms with Crippen LogP contribution in [0.25, 0.3) is 0 Å². The third kappa shape index (κ3) is 3.67. The maximum Gasteiger partial charge on any atom is 0.224 e. The number of halogens is 1. The normalized spacial score (nSPS) is 13.7. The molecule has 22 heavy (non-hydrogen) atoms. The summed E-state index contributed by atoms with van der Waals surface area (Å²) in [5, 5.41) is 17.5. The number of aromatic nitrogens is 1. The molecule has 1 atom stereocenters. The number of amides is 1. The lowest BCUT2D eigenvalue weighted by Gasteiger charge is -2.25. The van der Waals surface area contributed by atoms with Gasteiger partial charge < -0.3 is 14.9 Å². The third-order valence-corrected chi connectivity index (χ3v) is 3.93. The summed E-state index contributed by atoms with van der Waals surface area (Å²) in [6.07, 6.45) is 0.166. The monoisotopic (exact) mass is 322 g/mol. The molecule has 0 bridgehead atoms. The van der Waals surface area contributed by atoms with Gasteiger partial charge in [0.25, 0.3) is 0 Å². The van der Waals surface area contributed by atoms with Crippen molar-refractivity contribution < 1.29 is 14.4 Å². The van der Waals surface area contributed by atoms with E-state index in [0.717, 1.165) is 5.56 Å². The van der Waals surface area contributed by atoms with Crippen molar-refractivity contribution in [3.8, 4) is 0 Å². The number of aryl methyl sites for hydroxylation is 2. The number of nitrogens with one attached hydrogen (secondary N) is 1. The van der Waals surface area contributed by atoms with Gasteiger partial charge in [0.2, 0.25) is 5.91 Å². The largest absolute Gasteiger partial charge is 0.384 e. The molecule has 0 saturated heterocycles. The van der Waals surface area contributed by atoms with E-state index < -0.39 is 5.60 Å². The lowest BCUT2D eigenvalue weighted by atomic mass is 9.96. The number of carbonyl (C=O) groups excluding carboxylic acids is 1. The van der Waals surface area contributed by atoms with E-state index in [1.807, 2.05) is 0 Å². The fourth-order valence-electron chi connectivity index (χ4n) is 2.24. The molecule has 1 heterocycles. The minimum absolute atomic E-state index is 0.0684. The van der Waals surface area contributed by atoms with Gasteiger partial charge in [0, 0.05) is 16.1 Å². The molecule has 2 rings (SSSR count). The number of hydrogen-bond donors (Lipinski definition) is 2. The van der Waals surface area contributed by atoms with Crippen molar-refractivity contribution in [2.45, 2.75) is 32.8 Å². The molecular formula is C16H19ClN2O3. The summed E-state index contributed by atoms with van der Waals surface area (Å²) in [6.45, 7) is 5.24. The lowest BCUT2D eigenvalue weighted by molar-refractivity contribution is -0.121. The van der Waals surface area contributed by atoms with E-state index in [1.165, 1.54) is 0 Å². The van der Waals surface area contributed by atoms with E-state index in [0.29, 0.717) is 22.0 Å². The van der Waals surface area contributed by atoms with Crippen molar-refractivity contribution in [3.05, 3.63) is 51.9 Å². The number of hydrogen-bond acceptors (Lipinski definition) is 4. The molecule has 1 aromatic heterocycles. The average molecular weight is 323 g/mol. The fourth-order valence-corrected chi connectivity index (χ4v) is 2.58. The smallest absolute Gasteiger partial charge is 0.224 e. The van der Waals surface area contributed by atoms with Crippen LogP contribution in [0.2, 0.25) is 5.02 Å². The summed E-state index contributed by atoms with van der Waals surface area (Å²) in [7, 11) is 0. The van der Waals surface area contributed by atoms with Gasteiger partial charge in [-0.25, -0.2) is 0 Å². The van der Waals surface area contributed by atoms with Crippen molar-refractivity contribution in [2.24, 2.45) is 0 Å². The van der Waals surface area contributed by atoms with Crippen LogP contribution in [0.3, 0.4) is 0 Å². The topological polar surface area (TPSA) is 75.4 Å². The van der Waals surface area contributed by atoms with Crippen LogP contribution < -0.4 is 5.32 Å². The van der Waals surface area contributed by atoms with Gasteiger partial charge in [-0.1, -0.05) is 35.0 Å². The second-order valence-electron chi connectivity index (χ2n) is 5.51. The molecule has 0 aliphatic rings. The highest BCUT2D eigenvalue weighted by molar-refractivity contribution is 6.31. The molecule has 0 saturated carbocycles. The summed E-state index contributed by atoms with van der Waals surface area (Å²) in [5.41, 5.74) is 0.807. The average Bonchev–Trinajstić information content (AvgIpc) is 2.77. The van der Waals surface area contributed by atoms with Gasteiger partial charge in [0.15, 0.2) is 0 Å². The summed E-state index contributed by atoms with van der Waals surface area (Å²) >= 11 is 6.09. The van der Waals surface area contributed by atoms with Crippen LogP contribution in [0.1, 0.15) is 29.5 Å². The van der Waals surface area contributed by atoms with Crippen LogP contribution in [0.15, 0.2) is 28.8 Å². The van der Waals surface area contributed by atoms with Crippen LogP contribution in [0, 0.1) is 13.8 Å². The van der Waals surface area contributed by atoms with Crippen molar-refractivity contribution in [1.29, 1.82) is 0 Å². The molecule has 1 aromatic carbocycles. The highest BCUT2D eigenvalue weighted by Crippen LogP contribution is 2.27. The van der Waals surface area contributed by atoms with E-state index in [2.05, 4.69) is 10.5 Å². The Kier molecular flexibility index (Phi) is 4.88. The molecule has 0 fully saturated rings. The SMILES string of the molecule is Cc1noc(C)c1CC(=O)NC[C@](C)(O)c1ccccc1Cl. The van der Waals surface area contributed by atoms with E-state index in [1.54, 1.807) is 45.0 Å². The molecule has 5 nitrogen and oxygen atoms in total. The summed E-state index contributed by atoms with van der Waals surface area (Å²) in [6, 6.07) is 7.03. The molecule has 118 valence electrons. The number of aliphatic hydroxyl groups is 1. The Hall–Kier alpha value is -1.85. The number of nitrogens with zero attached hydrogens (tertiary/aromatic N) is 1. The van der Waals surface area contributed by atoms with E-state index in [4.69, 9.17) is 16.1 Å². The van der Waals surface area contributed by atoms with Gasteiger partial charge in [-0.3, -0.25) is 4.79 Å². The van der Waals surface area contributed by atoms with Crippen LogP contribution in [0.4, 0.5) is 0 Å². The lowest BCUT2D eigenvalue weighted by Crippen LogP contribution is -2.39. The summed E-state index contributed by atoms with van der Waals surface area (Å²) in [4.78, 5) is 12.1. The molecule has 0 aliphatic heterocycles. The second-order valence-corrected chi connectivity index (χ2v) is 5.92. The standard InChI is InChI=1S/C16H19ClN2O3/c1-10-12(11(2)22-19-10)8-15(20)18-9-16(3,21)13-6-4-5-7-14(13)17/h4-7,21H,8-9H2,1-3H3,(H,18,20)/t16-/m0/s1. The third-order valence-electron chi connectivity index (χ3n) is 3.60. The van der Waals surface area contributed by atoms with E-state index in [9.17, 15) is 9.90 Å². The molecule has 0 radical (unpaired) electrons. The van der Waals surface area contributed by atoms with Crippen molar-refractivity contribution in [1.82, 2.24) is 10.5 Å². The van der Waals surface area contributed by atoms with Crippen LogP contribution in [-0.2, 0) is 16.8 Å². The Morgan fingerprint density at radius 2 is 2.09 bits per heavy atom. The molecule has 0 spiro atoms. The molecule has 2 N–H and O–H groups in total. The molecule has 0 aliphatic carbocycles. The second kappa shape index (κ2) is 6.50. The number of rotatable bonds is 5. The van der Waals surface area contributed by atoms with Gasteiger partial charge in [0.1, 0.15) is 11.4 Å². The van der Waals surface area contributed by atoms with Gasteiger partial charge in [-0.05, 0) is 26.8 Å². The predicted octanol–water partition coefficient (Wildman–Crippen LogP) is 2.51. The highest BCUT2D eigenvalue weighted by atomic mass is 35.5. The first-order valence-corrected chi connectivity index (χ1v) is 7.35. The Morgan fingerprint density at radius 1 is 1.41 bits per heavy atom. The fraction of sp³-hybridized carbons (Fsp3) is 0.375. The zero-order chi connectivity index (χ0) is 16.3. The first-order chi connectivity index (χ1) is 10.3. The van der Waals surface area contributed by atoms with E-state index >= 15 is 0 Å². The first kappa shape index (κ1) is 16.5. The highest BCUT2D eigenvalue weighted by Gasteiger charge is 2.26. The van der Waals surface area contributed by atoms with Crippen LogP contribution in [0.5, 0.6) is 0 Å². The van der Waals surface area contributed by atoms with Crippen molar-refractivity contribution in [3.63, 3.8) is 0 Å². The van der Waals surface area contributed by atoms with Crippen molar-refractivity contribution in [2.75, 3.05) is 6.54 Å². The quantitative estimate of drug-likeness (QED) is 0.887. The molecule has 1 amide bonds. The maximum absolute atomic E-state index is 12.1. The Bertz CT molecular complexity index is 660. The molecule has 0 unspecified atom stereocenters. The molecular weight excluding hydrogens is 304 g/mol. The Labute approximate surface area is 134 Å². The van der Waals surface area contributed by atoms with Crippen molar-refractivity contribution >= 4 is 17.5 Å². The number of benzene rings is 1. The van der Waals surface area contributed by atoms with Gasteiger partial charge in [0.05, 0.1) is 18.7 Å². The van der Waals surface area contributed by atoms with Gasteiger partial charge in [-0.2, -0.15) is 0 Å². The van der Waals surface area contributed by atoms with Crippen LogP contribution >= 0.6 is 11.6 Å². The Morgan fingerprint density at radius 3 is 2.68 bits per heavy atom. The predicted molar refractivity (Wildman–Crippen MR) is 83.7 cm³/mol. The maximum atomic E-state index is 12.1. The molecule has 2 aromatic rings. The summed E-state index contributed by atoms with van der Waals surface area (Å²) < 4.78 is 5.03. The van der Waals surface area contributed by atoms with Gasteiger partial charge >= 0.3 is 0 Å². The molecule has 6 heteroatoms. The zero-order valence-corrected chi connectivity index (χ0v) is 13.6.